The van der Waals surface area contributed by atoms with Crippen molar-refractivity contribution in [2.45, 2.75) is 26.4 Å². The normalized spacial score (nSPS) is 13.9. The lowest BCUT2D eigenvalue weighted by Gasteiger charge is -2.31. The Bertz CT molecular complexity index is 800. The molecular formula is C21H26N4O. The van der Waals surface area contributed by atoms with Gasteiger partial charge in [-0.1, -0.05) is 36.4 Å². The van der Waals surface area contributed by atoms with Crippen LogP contribution in [-0.4, -0.2) is 36.9 Å². The molecule has 26 heavy (non-hydrogen) atoms. The first-order valence-corrected chi connectivity index (χ1v) is 9.10. The number of hydrogen-bond acceptors (Lipinski definition) is 2. The maximum Gasteiger partial charge on any atom is 0.251 e. The fourth-order valence-electron chi connectivity index (χ4n) is 3.28. The fourth-order valence-corrected chi connectivity index (χ4v) is 3.28. The average Bonchev–Trinajstić information content (AvgIpc) is 2.69. The van der Waals surface area contributed by atoms with Gasteiger partial charge in [0.05, 0.1) is 0 Å². The molecule has 1 aliphatic rings. The molecule has 0 radical (unpaired) electrons. The first-order chi connectivity index (χ1) is 12.7. The highest BCUT2D eigenvalue weighted by atomic mass is 16.1. The van der Waals surface area contributed by atoms with Crippen LogP contribution in [0.15, 0.2) is 53.5 Å². The highest BCUT2D eigenvalue weighted by Crippen LogP contribution is 2.18. The molecule has 0 saturated heterocycles. The van der Waals surface area contributed by atoms with Crippen LogP contribution in [0.1, 0.15) is 34.0 Å². The molecule has 0 aliphatic carbocycles. The van der Waals surface area contributed by atoms with Gasteiger partial charge in [0.2, 0.25) is 0 Å². The first-order valence-electron chi connectivity index (χ1n) is 9.10. The van der Waals surface area contributed by atoms with Crippen molar-refractivity contribution in [3.8, 4) is 0 Å². The number of aliphatic imine (C=N–C) groups is 1. The third-order valence-electron chi connectivity index (χ3n) is 4.62. The molecule has 2 N–H and O–H groups in total. The van der Waals surface area contributed by atoms with Crippen molar-refractivity contribution >= 4 is 11.9 Å². The van der Waals surface area contributed by atoms with E-state index in [4.69, 9.17) is 0 Å². The molecule has 5 nitrogen and oxygen atoms in total. The molecule has 136 valence electrons. The number of carbonyl (C=O) groups excluding carboxylic acids is 1. The van der Waals surface area contributed by atoms with Crippen molar-refractivity contribution < 1.29 is 4.79 Å². The summed E-state index contributed by atoms with van der Waals surface area (Å²) < 4.78 is 0. The van der Waals surface area contributed by atoms with Gasteiger partial charge in [0.15, 0.2) is 5.96 Å². The van der Waals surface area contributed by atoms with E-state index >= 15 is 0 Å². The second-order valence-electron chi connectivity index (χ2n) is 6.40. The Morgan fingerprint density at radius 2 is 1.92 bits per heavy atom. The quantitative estimate of drug-likeness (QED) is 0.658. The van der Waals surface area contributed by atoms with Gasteiger partial charge in [-0.15, -0.1) is 0 Å². The van der Waals surface area contributed by atoms with E-state index in [9.17, 15) is 4.79 Å². The molecule has 0 spiro atoms. The van der Waals surface area contributed by atoms with Gasteiger partial charge in [-0.05, 0) is 42.2 Å². The summed E-state index contributed by atoms with van der Waals surface area (Å²) in [6.45, 7) is 5.01. The van der Waals surface area contributed by atoms with Crippen molar-refractivity contribution in [1.82, 2.24) is 15.5 Å². The zero-order valence-corrected chi connectivity index (χ0v) is 15.5. The van der Waals surface area contributed by atoms with Crippen LogP contribution >= 0.6 is 0 Å². The van der Waals surface area contributed by atoms with Crippen molar-refractivity contribution in [2.24, 2.45) is 4.99 Å². The molecule has 1 aliphatic heterocycles. The van der Waals surface area contributed by atoms with Crippen LogP contribution in [0.3, 0.4) is 0 Å². The third-order valence-corrected chi connectivity index (χ3v) is 4.62. The van der Waals surface area contributed by atoms with Gasteiger partial charge in [-0.25, -0.2) is 0 Å². The van der Waals surface area contributed by atoms with Crippen LogP contribution < -0.4 is 10.6 Å². The lowest BCUT2D eigenvalue weighted by molar-refractivity contribution is 0.0955. The van der Waals surface area contributed by atoms with Gasteiger partial charge >= 0.3 is 0 Å². The molecule has 2 aromatic carbocycles. The molecular weight excluding hydrogens is 324 g/mol. The van der Waals surface area contributed by atoms with Gasteiger partial charge in [-0.2, -0.15) is 0 Å². The van der Waals surface area contributed by atoms with E-state index in [1.54, 1.807) is 0 Å². The van der Waals surface area contributed by atoms with E-state index in [1.807, 2.05) is 38.2 Å². The van der Waals surface area contributed by atoms with Crippen LogP contribution in [0.25, 0.3) is 0 Å². The molecule has 3 rings (SSSR count). The number of carbonyl (C=O) groups is 1. The molecule has 0 bridgehead atoms. The number of rotatable bonds is 4. The predicted octanol–water partition coefficient (Wildman–Crippen LogP) is 2.57. The highest BCUT2D eigenvalue weighted by Gasteiger charge is 2.18. The smallest absolute Gasteiger partial charge is 0.251 e. The Hall–Kier alpha value is -2.82. The summed E-state index contributed by atoms with van der Waals surface area (Å²) in [5, 5.41) is 6.26. The number of amides is 1. The first kappa shape index (κ1) is 18.0. The largest absolute Gasteiger partial charge is 0.352 e. The van der Waals surface area contributed by atoms with Gasteiger partial charge < -0.3 is 15.5 Å². The number of nitrogens with one attached hydrogen (secondary N) is 2. The van der Waals surface area contributed by atoms with Crippen LogP contribution in [0.5, 0.6) is 0 Å². The molecule has 1 amide bonds. The molecule has 0 saturated carbocycles. The number of hydrogen-bond donors (Lipinski definition) is 2. The minimum atomic E-state index is -0.0358. The lowest BCUT2D eigenvalue weighted by Crippen LogP contribution is -2.43. The Kier molecular flexibility index (Phi) is 5.89. The average molecular weight is 350 g/mol. The molecule has 5 heteroatoms. The standard InChI is InChI=1S/C21H26N4O/c1-3-23-20(26)18-10-6-7-16(13-18)14-24-21(22-2)25-12-11-17-8-4-5-9-19(17)15-25/h4-10,13H,3,11-12,14-15H2,1-2H3,(H,22,24)(H,23,26). The van der Waals surface area contributed by atoms with Crippen LogP contribution in [0, 0.1) is 0 Å². The SMILES string of the molecule is CCNC(=O)c1cccc(CNC(=NC)N2CCc3ccccc3C2)c1. The van der Waals surface area contributed by atoms with E-state index < -0.39 is 0 Å². The van der Waals surface area contributed by atoms with Gasteiger partial charge in [-0.3, -0.25) is 9.79 Å². The van der Waals surface area contributed by atoms with Crippen molar-refractivity contribution in [3.63, 3.8) is 0 Å². The van der Waals surface area contributed by atoms with E-state index in [2.05, 4.69) is 44.8 Å². The molecule has 0 atom stereocenters. The molecule has 0 aromatic heterocycles. The molecule has 2 aromatic rings. The summed E-state index contributed by atoms with van der Waals surface area (Å²) in [5.74, 6) is 0.856. The lowest BCUT2D eigenvalue weighted by atomic mass is 10.0. The van der Waals surface area contributed by atoms with Gasteiger partial charge in [0, 0.05) is 38.8 Å². The van der Waals surface area contributed by atoms with Crippen molar-refractivity contribution in [3.05, 3.63) is 70.8 Å². The van der Waals surface area contributed by atoms with E-state index in [-0.39, 0.29) is 5.91 Å². The maximum absolute atomic E-state index is 12.0. The predicted molar refractivity (Wildman–Crippen MR) is 105 cm³/mol. The monoisotopic (exact) mass is 350 g/mol. The minimum Gasteiger partial charge on any atom is -0.352 e. The second kappa shape index (κ2) is 8.52. The number of fused-ring (bicyclic) bond motifs is 1. The Balaban J connectivity index is 1.63. The zero-order chi connectivity index (χ0) is 18.4. The zero-order valence-electron chi connectivity index (χ0n) is 15.5. The van der Waals surface area contributed by atoms with Crippen LogP contribution in [0.4, 0.5) is 0 Å². The van der Waals surface area contributed by atoms with Crippen molar-refractivity contribution in [1.29, 1.82) is 0 Å². The van der Waals surface area contributed by atoms with Crippen LogP contribution in [-0.2, 0) is 19.5 Å². The maximum atomic E-state index is 12.0. The fraction of sp³-hybridized carbons (Fsp3) is 0.333. The van der Waals surface area contributed by atoms with Gasteiger partial charge in [0.1, 0.15) is 0 Å². The Morgan fingerprint density at radius 3 is 2.69 bits per heavy atom. The number of benzene rings is 2. The topological polar surface area (TPSA) is 56.7 Å². The minimum absolute atomic E-state index is 0.0358. The summed E-state index contributed by atoms with van der Waals surface area (Å²) in [6.07, 6.45) is 1.03. The summed E-state index contributed by atoms with van der Waals surface area (Å²) in [5.41, 5.74) is 4.54. The Morgan fingerprint density at radius 1 is 1.12 bits per heavy atom. The van der Waals surface area contributed by atoms with E-state index in [0.29, 0.717) is 18.7 Å². The summed E-state index contributed by atoms with van der Waals surface area (Å²) in [6, 6.07) is 16.3. The van der Waals surface area contributed by atoms with E-state index in [1.165, 1.54) is 11.1 Å². The number of guanidine groups is 1. The van der Waals surface area contributed by atoms with E-state index in [0.717, 1.165) is 31.0 Å². The highest BCUT2D eigenvalue weighted by molar-refractivity contribution is 5.94. The third kappa shape index (κ3) is 4.23. The second-order valence-corrected chi connectivity index (χ2v) is 6.40. The summed E-state index contributed by atoms with van der Waals surface area (Å²) in [7, 11) is 1.81. The molecule has 0 unspecified atom stereocenters. The molecule has 1 heterocycles. The molecule has 0 fully saturated rings. The summed E-state index contributed by atoms with van der Waals surface area (Å²) in [4.78, 5) is 18.7. The Labute approximate surface area is 155 Å². The van der Waals surface area contributed by atoms with Crippen LogP contribution in [0.2, 0.25) is 0 Å². The van der Waals surface area contributed by atoms with Crippen molar-refractivity contribution in [2.75, 3.05) is 20.1 Å². The number of nitrogens with zero attached hydrogens (tertiary/aromatic N) is 2. The van der Waals surface area contributed by atoms with Gasteiger partial charge in [0.25, 0.3) is 5.91 Å². The summed E-state index contributed by atoms with van der Waals surface area (Å²) >= 11 is 0.